The molecular weight excluding hydrogens is 414 g/mol. The van der Waals surface area contributed by atoms with Crippen LogP contribution < -0.4 is 0 Å². The SMILES string of the molecule is CCN1C[C@]2(COC)CC[C@H](O)[C@@]34[C@@H]5C[C@@H]6[C@H](O)[C@@H]5[C@](O)([C@H]([C@H](OC)[C@@H]23)[C@H]14)[C@@H](O)[C@H]6OC. The normalized spacial score (nSPS) is 62.4. The average Bonchev–Trinajstić information content (AvgIpc) is 3.19. The van der Waals surface area contributed by atoms with Gasteiger partial charge in [-0.2, -0.15) is 0 Å². The predicted octanol–water partition coefficient (Wildman–Crippen LogP) is -0.527. The minimum Gasteiger partial charge on any atom is -0.392 e. The van der Waals surface area contributed by atoms with Gasteiger partial charge in [-0.3, -0.25) is 4.90 Å². The largest absolute Gasteiger partial charge is 0.392 e. The van der Waals surface area contributed by atoms with E-state index in [4.69, 9.17) is 14.2 Å². The van der Waals surface area contributed by atoms with Crippen molar-refractivity contribution in [2.24, 2.45) is 40.4 Å². The zero-order valence-corrected chi connectivity index (χ0v) is 19.6. The zero-order chi connectivity index (χ0) is 22.8. The lowest BCUT2D eigenvalue weighted by Crippen LogP contribution is -2.78. The fourth-order valence-corrected chi connectivity index (χ4v) is 10.7. The third kappa shape index (κ3) is 2.07. The lowest BCUT2D eigenvalue weighted by molar-refractivity contribution is -0.297. The van der Waals surface area contributed by atoms with E-state index >= 15 is 0 Å². The second-order valence-electron chi connectivity index (χ2n) is 11.6. The maximum Gasteiger partial charge on any atom is 0.110 e. The number of ether oxygens (including phenoxy) is 3. The Morgan fingerprint density at radius 3 is 2.38 bits per heavy atom. The van der Waals surface area contributed by atoms with Gasteiger partial charge in [0.1, 0.15) is 11.7 Å². The Morgan fingerprint density at radius 1 is 1.03 bits per heavy atom. The molecule has 6 aliphatic rings. The van der Waals surface area contributed by atoms with Crippen LogP contribution in [0.4, 0.5) is 0 Å². The fraction of sp³-hybridized carbons (Fsp3) is 1.00. The third-order valence-electron chi connectivity index (χ3n) is 11.2. The minimum atomic E-state index is -1.54. The molecule has 5 aliphatic carbocycles. The van der Waals surface area contributed by atoms with Crippen LogP contribution in [0.2, 0.25) is 0 Å². The summed E-state index contributed by atoms with van der Waals surface area (Å²) in [5.74, 6) is -1.29. The molecule has 8 heteroatoms. The van der Waals surface area contributed by atoms with Crippen LogP contribution in [0, 0.1) is 40.4 Å². The van der Waals surface area contributed by atoms with E-state index in [0.29, 0.717) is 19.4 Å². The highest BCUT2D eigenvalue weighted by Gasteiger charge is 2.87. The first kappa shape index (κ1) is 22.2. The number of piperidine rings is 1. The second kappa shape index (κ2) is 6.88. The van der Waals surface area contributed by atoms with Gasteiger partial charge in [0.15, 0.2) is 0 Å². The highest BCUT2D eigenvalue weighted by atomic mass is 16.5. The Labute approximate surface area is 189 Å². The number of hydrogen-bond acceptors (Lipinski definition) is 8. The fourth-order valence-electron chi connectivity index (χ4n) is 10.7. The van der Waals surface area contributed by atoms with Gasteiger partial charge in [-0.15, -0.1) is 0 Å². The van der Waals surface area contributed by atoms with Gasteiger partial charge in [0.2, 0.25) is 0 Å². The van der Waals surface area contributed by atoms with E-state index in [0.717, 1.165) is 19.5 Å². The number of aliphatic hydroxyl groups is 4. The quantitative estimate of drug-likeness (QED) is 0.440. The highest BCUT2D eigenvalue weighted by Crippen LogP contribution is 2.79. The topological polar surface area (TPSA) is 112 Å². The number of hydrogen-bond donors (Lipinski definition) is 4. The Kier molecular flexibility index (Phi) is 4.76. The number of nitrogens with zero attached hydrogens (tertiary/aromatic N) is 1. The summed E-state index contributed by atoms with van der Waals surface area (Å²) in [4.78, 5) is 2.42. The number of likely N-dealkylation sites (tertiary alicyclic amines) is 1. The first-order chi connectivity index (χ1) is 15.3. The Balaban J connectivity index is 1.64. The van der Waals surface area contributed by atoms with Gasteiger partial charge < -0.3 is 34.6 Å². The van der Waals surface area contributed by atoms with Crippen LogP contribution in [0.25, 0.3) is 0 Å². The van der Waals surface area contributed by atoms with E-state index in [1.807, 2.05) is 0 Å². The molecule has 0 amide bonds. The van der Waals surface area contributed by atoms with Crippen LogP contribution in [0.3, 0.4) is 0 Å². The lowest BCUT2D eigenvalue weighted by Gasteiger charge is -2.69. The first-order valence-electron chi connectivity index (χ1n) is 12.3. The zero-order valence-electron chi connectivity index (χ0n) is 19.6. The molecule has 182 valence electrons. The summed E-state index contributed by atoms with van der Waals surface area (Å²) < 4.78 is 17.7. The Bertz CT molecular complexity index is 783. The van der Waals surface area contributed by atoms with Gasteiger partial charge in [-0.25, -0.2) is 0 Å². The van der Waals surface area contributed by atoms with Crippen molar-refractivity contribution in [3.05, 3.63) is 0 Å². The van der Waals surface area contributed by atoms with E-state index in [-0.39, 0.29) is 35.3 Å². The molecule has 14 atom stereocenters. The lowest BCUT2D eigenvalue weighted by atomic mass is 9.43. The van der Waals surface area contributed by atoms with Crippen molar-refractivity contribution in [1.29, 1.82) is 0 Å². The molecule has 1 spiro atoms. The van der Waals surface area contributed by atoms with E-state index in [1.54, 1.807) is 21.3 Å². The molecule has 8 nitrogen and oxygen atoms in total. The van der Waals surface area contributed by atoms with Crippen LogP contribution in [-0.4, -0.2) is 109 Å². The molecule has 32 heavy (non-hydrogen) atoms. The molecule has 5 saturated carbocycles. The molecule has 7 bridgehead atoms. The van der Waals surface area contributed by atoms with Gasteiger partial charge in [0.05, 0.1) is 31.0 Å². The van der Waals surface area contributed by atoms with Gasteiger partial charge >= 0.3 is 0 Å². The van der Waals surface area contributed by atoms with Gasteiger partial charge in [-0.1, -0.05) is 6.92 Å². The van der Waals surface area contributed by atoms with Crippen molar-refractivity contribution in [2.75, 3.05) is 41.0 Å². The molecule has 0 radical (unpaired) electrons. The maximum absolute atomic E-state index is 12.5. The summed E-state index contributed by atoms with van der Waals surface area (Å²) >= 11 is 0. The number of aliphatic hydroxyl groups excluding tert-OH is 3. The van der Waals surface area contributed by atoms with Crippen LogP contribution >= 0.6 is 0 Å². The molecule has 6 rings (SSSR count). The van der Waals surface area contributed by atoms with Crippen LogP contribution in [-0.2, 0) is 14.2 Å². The number of fused-ring (bicyclic) bond motifs is 2. The first-order valence-corrected chi connectivity index (χ1v) is 12.3. The molecular formula is C24H39NO7. The van der Waals surface area contributed by atoms with Gasteiger partial charge in [-0.05, 0) is 31.7 Å². The summed E-state index contributed by atoms with van der Waals surface area (Å²) in [7, 11) is 4.98. The summed E-state index contributed by atoms with van der Waals surface area (Å²) in [6, 6.07) is -0.120. The Hall–Kier alpha value is -0.320. The minimum absolute atomic E-state index is 0.000250. The molecule has 6 fully saturated rings. The van der Waals surface area contributed by atoms with Crippen molar-refractivity contribution in [1.82, 2.24) is 4.90 Å². The molecule has 0 unspecified atom stereocenters. The van der Waals surface area contributed by atoms with Gasteiger partial charge in [0.25, 0.3) is 0 Å². The third-order valence-corrected chi connectivity index (χ3v) is 11.2. The number of rotatable bonds is 5. The molecule has 4 N–H and O–H groups in total. The highest BCUT2D eigenvalue weighted by molar-refractivity contribution is 5.36. The Morgan fingerprint density at radius 2 is 1.75 bits per heavy atom. The smallest absolute Gasteiger partial charge is 0.110 e. The summed E-state index contributed by atoms with van der Waals surface area (Å²) in [6.45, 7) is 4.33. The van der Waals surface area contributed by atoms with Crippen molar-refractivity contribution < 1.29 is 34.6 Å². The molecule has 0 aromatic rings. The van der Waals surface area contributed by atoms with Crippen molar-refractivity contribution in [3.63, 3.8) is 0 Å². The summed E-state index contributed by atoms with van der Waals surface area (Å²) in [5, 5.41) is 47.3. The van der Waals surface area contributed by atoms with E-state index in [9.17, 15) is 20.4 Å². The van der Waals surface area contributed by atoms with E-state index < -0.39 is 47.3 Å². The van der Waals surface area contributed by atoms with E-state index in [1.165, 1.54) is 0 Å². The second-order valence-corrected chi connectivity index (χ2v) is 11.6. The molecule has 1 heterocycles. The monoisotopic (exact) mass is 453 g/mol. The van der Waals surface area contributed by atoms with Crippen LogP contribution in [0.1, 0.15) is 26.2 Å². The van der Waals surface area contributed by atoms with Crippen molar-refractivity contribution in [3.8, 4) is 0 Å². The molecule has 0 aromatic heterocycles. The summed E-state index contributed by atoms with van der Waals surface area (Å²) in [5.41, 5.74) is -2.24. The van der Waals surface area contributed by atoms with Crippen LogP contribution in [0.15, 0.2) is 0 Å². The van der Waals surface area contributed by atoms with Crippen molar-refractivity contribution >= 4 is 0 Å². The van der Waals surface area contributed by atoms with Crippen molar-refractivity contribution in [2.45, 2.75) is 68.3 Å². The van der Waals surface area contributed by atoms with Crippen LogP contribution in [0.5, 0.6) is 0 Å². The molecule has 1 saturated heterocycles. The summed E-state index contributed by atoms with van der Waals surface area (Å²) in [6.07, 6.45) is -1.22. The maximum atomic E-state index is 12.5. The standard InChI is InChI=1S/C24H39NO7/c1-5-25-9-22(10-30-2)7-6-13(26)23-12-8-11-16(27)14(12)24(29,21(28)17(11)31-3)15(20(23)25)18(32-4)19(22)23/h11-21,26-29H,5-10H2,1-4H3/t11-,12-,13+,14-,15-,16+,17+,18+,19+,20+,21+,22+,23+,24+/m1/s1. The molecule has 0 aromatic carbocycles. The van der Waals surface area contributed by atoms with E-state index in [2.05, 4.69) is 11.8 Å². The predicted molar refractivity (Wildman–Crippen MR) is 114 cm³/mol. The van der Waals surface area contributed by atoms with Gasteiger partial charge in [0, 0.05) is 68.4 Å². The number of methoxy groups -OCH3 is 3. The average molecular weight is 454 g/mol. The molecule has 1 aliphatic heterocycles.